The molecule has 128 valence electrons. The quantitative estimate of drug-likeness (QED) is 0.359. The number of imide groups is 1. The first-order valence-electron chi connectivity index (χ1n) is 7.20. The minimum absolute atomic E-state index is 0.0374. The highest BCUT2D eigenvalue weighted by atomic mass is 16.8. The van der Waals surface area contributed by atoms with Crippen LogP contribution in [0.1, 0.15) is 42.6 Å². The molecule has 9 nitrogen and oxygen atoms in total. The van der Waals surface area contributed by atoms with Crippen LogP contribution in [-0.2, 0) is 19.2 Å². The zero-order chi connectivity index (χ0) is 18.0. The fourth-order valence-electron chi connectivity index (χ4n) is 2.27. The summed E-state index contributed by atoms with van der Waals surface area (Å²) in [5, 5.41) is 11.5. The maximum absolute atomic E-state index is 11.7. The van der Waals surface area contributed by atoms with Gasteiger partial charge in [-0.1, -0.05) is 5.06 Å². The summed E-state index contributed by atoms with van der Waals surface area (Å²) in [5.41, 5.74) is 1.53. The smallest absolute Gasteiger partial charge is 0.425 e. The van der Waals surface area contributed by atoms with Crippen molar-refractivity contribution in [2.24, 2.45) is 0 Å². The number of hydroxylamine groups is 2. The van der Waals surface area contributed by atoms with Crippen LogP contribution in [0.3, 0.4) is 0 Å². The predicted octanol–water partition coefficient (Wildman–Crippen LogP) is 2.49. The van der Waals surface area contributed by atoms with Crippen molar-refractivity contribution in [3.05, 3.63) is 38.9 Å². The number of amides is 2. The van der Waals surface area contributed by atoms with Crippen molar-refractivity contribution in [1.29, 1.82) is 0 Å². The van der Waals surface area contributed by atoms with E-state index >= 15 is 0 Å². The van der Waals surface area contributed by atoms with Gasteiger partial charge in [-0.15, -0.1) is 0 Å². The SMILES string of the molecule is Cc1cc(C(C)OC(=O)ON2C(=O)CCC2=O)c([N+](=O)[O-])cc1C. The molecule has 2 rings (SSSR count). The first-order valence-corrected chi connectivity index (χ1v) is 7.20. The number of hydrogen-bond donors (Lipinski definition) is 0. The molecule has 24 heavy (non-hydrogen) atoms. The zero-order valence-corrected chi connectivity index (χ0v) is 13.4. The molecule has 1 aromatic carbocycles. The number of rotatable bonds is 4. The highest BCUT2D eigenvalue weighted by molar-refractivity contribution is 6.01. The lowest BCUT2D eigenvalue weighted by Crippen LogP contribution is -2.32. The van der Waals surface area contributed by atoms with Crippen molar-refractivity contribution >= 4 is 23.7 Å². The van der Waals surface area contributed by atoms with Gasteiger partial charge in [0.15, 0.2) is 0 Å². The van der Waals surface area contributed by atoms with E-state index in [0.29, 0.717) is 5.06 Å². The normalized spacial score (nSPS) is 15.4. The monoisotopic (exact) mass is 336 g/mol. The Bertz CT molecular complexity index is 713. The molecule has 0 spiro atoms. The molecular weight excluding hydrogens is 320 g/mol. The molecule has 2 amide bonds. The summed E-state index contributed by atoms with van der Waals surface area (Å²) in [6.45, 7) is 4.94. The van der Waals surface area contributed by atoms with Crippen molar-refractivity contribution in [3.63, 3.8) is 0 Å². The Morgan fingerprint density at radius 2 is 1.75 bits per heavy atom. The van der Waals surface area contributed by atoms with E-state index in [9.17, 15) is 24.5 Å². The molecule has 0 bridgehead atoms. The number of hydrogen-bond acceptors (Lipinski definition) is 7. The van der Waals surface area contributed by atoms with Crippen molar-refractivity contribution in [1.82, 2.24) is 5.06 Å². The molecule has 0 N–H and O–H groups in total. The largest absolute Gasteiger partial charge is 0.534 e. The summed E-state index contributed by atoms with van der Waals surface area (Å²) in [6, 6.07) is 2.95. The Labute approximate surface area is 137 Å². The molecule has 1 heterocycles. The van der Waals surface area contributed by atoms with Gasteiger partial charge in [-0.25, -0.2) is 4.79 Å². The van der Waals surface area contributed by atoms with Crippen LogP contribution in [0.25, 0.3) is 0 Å². The Morgan fingerprint density at radius 1 is 1.21 bits per heavy atom. The van der Waals surface area contributed by atoms with Crippen LogP contribution in [-0.4, -0.2) is 28.0 Å². The van der Waals surface area contributed by atoms with Gasteiger partial charge in [-0.2, -0.15) is 0 Å². The summed E-state index contributed by atoms with van der Waals surface area (Å²) in [7, 11) is 0. The zero-order valence-electron chi connectivity index (χ0n) is 13.4. The van der Waals surface area contributed by atoms with Gasteiger partial charge in [-0.3, -0.25) is 24.5 Å². The van der Waals surface area contributed by atoms with Gasteiger partial charge < -0.3 is 4.74 Å². The summed E-state index contributed by atoms with van der Waals surface area (Å²) >= 11 is 0. The van der Waals surface area contributed by atoms with Gasteiger partial charge in [0.1, 0.15) is 6.10 Å². The van der Waals surface area contributed by atoms with Gasteiger partial charge in [-0.05, 0) is 38.0 Å². The second kappa shape index (κ2) is 6.65. The van der Waals surface area contributed by atoms with E-state index in [-0.39, 0.29) is 24.1 Å². The maximum atomic E-state index is 11.7. The minimum atomic E-state index is -1.28. The van der Waals surface area contributed by atoms with E-state index in [2.05, 4.69) is 4.84 Å². The van der Waals surface area contributed by atoms with Gasteiger partial charge in [0.05, 0.1) is 10.5 Å². The Morgan fingerprint density at radius 3 is 2.29 bits per heavy atom. The Kier molecular flexibility index (Phi) is 4.82. The molecule has 1 aliphatic rings. The van der Waals surface area contributed by atoms with Crippen LogP contribution in [0.15, 0.2) is 12.1 Å². The first kappa shape index (κ1) is 17.4. The maximum Gasteiger partial charge on any atom is 0.534 e. The van der Waals surface area contributed by atoms with E-state index in [1.165, 1.54) is 13.0 Å². The topological polar surface area (TPSA) is 116 Å². The van der Waals surface area contributed by atoms with Crippen LogP contribution < -0.4 is 0 Å². The average molecular weight is 336 g/mol. The van der Waals surface area contributed by atoms with E-state index in [4.69, 9.17) is 4.74 Å². The summed E-state index contributed by atoms with van der Waals surface area (Å²) in [5.74, 6) is -1.27. The third-order valence-corrected chi connectivity index (χ3v) is 3.72. The molecule has 0 saturated carbocycles. The standard InChI is InChI=1S/C15H16N2O7/c1-8-6-11(12(17(21)22)7-9(8)2)10(3)23-15(20)24-16-13(18)4-5-14(16)19/h6-7,10H,4-5H2,1-3H3. The number of carbonyl (C=O) groups is 3. The number of benzene rings is 1. The molecule has 1 aromatic rings. The van der Waals surface area contributed by atoms with Crippen LogP contribution in [0.5, 0.6) is 0 Å². The summed E-state index contributed by atoms with van der Waals surface area (Å²) in [6.07, 6.45) is -2.35. The van der Waals surface area contributed by atoms with Gasteiger partial charge in [0.25, 0.3) is 17.5 Å². The molecule has 0 aliphatic carbocycles. The number of carbonyl (C=O) groups excluding carboxylic acids is 3. The van der Waals surface area contributed by atoms with E-state index in [0.717, 1.165) is 11.1 Å². The fourth-order valence-corrected chi connectivity index (χ4v) is 2.27. The number of nitro benzene ring substituents is 1. The second-order valence-corrected chi connectivity index (χ2v) is 5.44. The molecule has 1 unspecified atom stereocenters. The molecule has 1 saturated heterocycles. The minimum Gasteiger partial charge on any atom is -0.425 e. The molecule has 0 radical (unpaired) electrons. The predicted molar refractivity (Wildman–Crippen MR) is 79.6 cm³/mol. The summed E-state index contributed by atoms with van der Waals surface area (Å²) < 4.78 is 4.97. The van der Waals surface area contributed by atoms with Crippen molar-refractivity contribution in [2.75, 3.05) is 0 Å². The number of aryl methyl sites for hydroxylation is 2. The van der Waals surface area contributed by atoms with Crippen molar-refractivity contribution < 1.29 is 28.9 Å². The molecule has 1 aliphatic heterocycles. The van der Waals surface area contributed by atoms with Gasteiger partial charge >= 0.3 is 6.16 Å². The molecule has 1 atom stereocenters. The second-order valence-electron chi connectivity index (χ2n) is 5.44. The highest BCUT2D eigenvalue weighted by Gasteiger charge is 2.34. The van der Waals surface area contributed by atoms with Crippen LogP contribution in [0.4, 0.5) is 10.5 Å². The van der Waals surface area contributed by atoms with E-state index in [1.807, 2.05) is 0 Å². The van der Waals surface area contributed by atoms with E-state index < -0.39 is 29.0 Å². The fraction of sp³-hybridized carbons (Fsp3) is 0.400. The summed E-state index contributed by atoms with van der Waals surface area (Å²) in [4.78, 5) is 49.7. The average Bonchev–Trinajstić information content (AvgIpc) is 2.81. The lowest BCUT2D eigenvalue weighted by Gasteiger charge is -2.17. The van der Waals surface area contributed by atoms with Gasteiger partial charge in [0, 0.05) is 18.9 Å². The number of ether oxygens (including phenoxy) is 1. The Balaban J connectivity index is 2.14. The Hall–Kier alpha value is -2.97. The third-order valence-electron chi connectivity index (χ3n) is 3.72. The highest BCUT2D eigenvalue weighted by Crippen LogP contribution is 2.30. The molecule has 0 aromatic heterocycles. The lowest BCUT2D eigenvalue weighted by molar-refractivity contribution is -0.386. The number of nitrogens with zero attached hydrogens (tertiary/aromatic N) is 2. The van der Waals surface area contributed by atoms with Crippen LogP contribution in [0.2, 0.25) is 0 Å². The van der Waals surface area contributed by atoms with Gasteiger partial charge in [0.2, 0.25) is 0 Å². The van der Waals surface area contributed by atoms with E-state index in [1.54, 1.807) is 19.9 Å². The van der Waals surface area contributed by atoms with Crippen molar-refractivity contribution in [3.8, 4) is 0 Å². The molecule has 9 heteroatoms. The van der Waals surface area contributed by atoms with Crippen LogP contribution in [0, 0.1) is 24.0 Å². The third kappa shape index (κ3) is 3.50. The van der Waals surface area contributed by atoms with Crippen LogP contribution >= 0.6 is 0 Å². The first-order chi connectivity index (χ1) is 11.2. The molecule has 1 fully saturated rings. The number of nitro groups is 1. The molecular formula is C15H16N2O7. The van der Waals surface area contributed by atoms with Crippen molar-refractivity contribution in [2.45, 2.75) is 39.7 Å². The lowest BCUT2D eigenvalue weighted by atomic mass is 10.0.